The maximum atomic E-state index is 10.6. The van der Waals surface area contributed by atoms with E-state index in [0.717, 1.165) is 17.9 Å². The van der Waals surface area contributed by atoms with Gasteiger partial charge in [-0.25, -0.2) is 0 Å². The summed E-state index contributed by atoms with van der Waals surface area (Å²) in [4.78, 5) is 10.6. The molecule has 0 fully saturated rings. The van der Waals surface area contributed by atoms with Gasteiger partial charge < -0.3 is 10.1 Å². The molecule has 16 heavy (non-hydrogen) atoms. The highest BCUT2D eigenvalue weighted by Gasteiger charge is 1.98. The highest BCUT2D eigenvalue weighted by Crippen LogP contribution is 2.17. The van der Waals surface area contributed by atoms with E-state index in [4.69, 9.17) is 12.6 Å². The molecule has 3 nitrogen and oxygen atoms in total. The van der Waals surface area contributed by atoms with E-state index in [1.54, 1.807) is 23.9 Å². The molecule has 0 aliphatic carbocycles. The van der Waals surface area contributed by atoms with Gasteiger partial charge in [-0.1, -0.05) is 6.07 Å². The minimum absolute atomic E-state index is 0.570. The van der Waals surface area contributed by atoms with Crippen LogP contribution < -0.4 is 10.1 Å². The smallest absolute Gasteiger partial charge is 0.201 e. The van der Waals surface area contributed by atoms with E-state index in [-0.39, 0.29) is 0 Å². The number of ether oxygens (including phenoxy) is 1. The highest BCUT2D eigenvalue weighted by atomic mass is 32.2. The quantitative estimate of drug-likeness (QED) is 0.608. The number of rotatable bonds is 6. The Balaban J connectivity index is 2.44. The number of carbonyl (C=O) groups is 1. The van der Waals surface area contributed by atoms with Crippen molar-refractivity contribution in [1.82, 2.24) is 0 Å². The molecule has 1 aromatic rings. The molecule has 0 aromatic heterocycles. The summed E-state index contributed by atoms with van der Waals surface area (Å²) in [6.07, 6.45) is 3.08. The van der Waals surface area contributed by atoms with Crippen LogP contribution in [-0.2, 0) is 0 Å². The summed E-state index contributed by atoms with van der Waals surface area (Å²) in [5.41, 5.74) is 0.648. The molecular weight excluding hydrogens is 221 g/mol. The van der Waals surface area contributed by atoms with Crippen molar-refractivity contribution in [2.75, 3.05) is 23.9 Å². The Labute approximate surface area is 101 Å². The molecule has 0 aliphatic rings. The number of hydrogen-bond acceptors (Lipinski definition) is 3. The van der Waals surface area contributed by atoms with Gasteiger partial charge in [0.15, 0.2) is 5.81 Å². The molecule has 0 heterocycles. The molecule has 0 aliphatic heterocycles. The molecule has 0 unspecified atom stereocenters. The normalized spacial score (nSPS) is 9.81. The Morgan fingerprint density at radius 1 is 1.56 bits per heavy atom. The first kappa shape index (κ1) is 13.0. The van der Waals surface area contributed by atoms with Crippen LogP contribution in [-0.4, -0.2) is 32.3 Å². The third-order valence-electron chi connectivity index (χ3n) is 1.86. The standard InChI is InChI=1S/C11H14BNO2S/c1-16-7-3-6-15-10-5-2-4-9(8-10)13-11(12)14/h2,4-5,8H,3,6-7H2,1H3,(H,13,14). The number of nitrogens with one attached hydrogen (secondary N) is 1. The van der Waals surface area contributed by atoms with Gasteiger partial charge in [-0.3, -0.25) is 4.79 Å². The van der Waals surface area contributed by atoms with E-state index >= 15 is 0 Å². The second kappa shape index (κ2) is 7.22. The van der Waals surface area contributed by atoms with Crippen LogP contribution in [0.3, 0.4) is 0 Å². The number of benzene rings is 1. The predicted octanol–water partition coefficient (Wildman–Crippen LogP) is 2.52. The van der Waals surface area contributed by atoms with E-state index in [1.165, 1.54) is 0 Å². The first-order chi connectivity index (χ1) is 7.72. The molecular formula is C11H14BNO2S. The summed E-state index contributed by atoms with van der Waals surface area (Å²) in [6.45, 7) is 0.681. The molecule has 1 N–H and O–H groups in total. The number of carbonyl (C=O) groups excluding carboxylic acids is 1. The van der Waals surface area contributed by atoms with Crippen molar-refractivity contribution < 1.29 is 9.53 Å². The lowest BCUT2D eigenvalue weighted by Gasteiger charge is -2.08. The number of anilines is 1. The number of hydrogen-bond donors (Lipinski definition) is 1. The molecule has 0 atom stereocenters. The van der Waals surface area contributed by atoms with Crippen LogP contribution in [0.15, 0.2) is 24.3 Å². The minimum atomic E-state index is -0.570. The lowest BCUT2D eigenvalue weighted by Crippen LogP contribution is -2.08. The Hall–Kier alpha value is -1.10. The Morgan fingerprint density at radius 3 is 3.06 bits per heavy atom. The van der Waals surface area contributed by atoms with Crippen LogP contribution in [0.5, 0.6) is 5.75 Å². The topological polar surface area (TPSA) is 38.3 Å². The molecule has 1 aromatic carbocycles. The monoisotopic (exact) mass is 235 g/mol. The summed E-state index contributed by atoms with van der Waals surface area (Å²) in [7, 11) is 5.02. The van der Waals surface area contributed by atoms with Crippen LogP contribution in [0.25, 0.3) is 0 Å². The highest BCUT2D eigenvalue weighted by molar-refractivity contribution is 7.98. The molecule has 84 valence electrons. The zero-order valence-electron chi connectivity index (χ0n) is 9.23. The van der Waals surface area contributed by atoms with Gasteiger partial charge in [0, 0.05) is 11.8 Å². The average Bonchev–Trinajstić information content (AvgIpc) is 2.24. The fourth-order valence-corrected chi connectivity index (χ4v) is 1.61. The van der Waals surface area contributed by atoms with E-state index in [2.05, 4.69) is 11.6 Å². The molecule has 5 heteroatoms. The molecule has 0 spiro atoms. The summed E-state index contributed by atoms with van der Waals surface area (Å²) in [5, 5.41) is 2.50. The van der Waals surface area contributed by atoms with Gasteiger partial charge in [-0.15, -0.1) is 0 Å². The van der Waals surface area contributed by atoms with Crippen molar-refractivity contribution in [3.63, 3.8) is 0 Å². The third-order valence-corrected chi connectivity index (χ3v) is 2.56. The van der Waals surface area contributed by atoms with Crippen molar-refractivity contribution >= 4 is 31.1 Å². The summed E-state index contributed by atoms with van der Waals surface area (Å²) in [5.74, 6) is 1.26. The van der Waals surface area contributed by atoms with Crippen molar-refractivity contribution in [3.8, 4) is 5.75 Å². The second-order valence-electron chi connectivity index (χ2n) is 3.21. The van der Waals surface area contributed by atoms with Crippen molar-refractivity contribution in [3.05, 3.63) is 24.3 Å². The lowest BCUT2D eigenvalue weighted by atomic mass is 10.1. The van der Waals surface area contributed by atoms with Crippen molar-refractivity contribution in [1.29, 1.82) is 0 Å². The average molecular weight is 235 g/mol. The maximum absolute atomic E-state index is 10.6. The van der Waals surface area contributed by atoms with Crippen LogP contribution in [0.2, 0.25) is 0 Å². The number of thioether (sulfide) groups is 1. The zero-order valence-corrected chi connectivity index (χ0v) is 10.0. The summed E-state index contributed by atoms with van der Waals surface area (Å²) >= 11 is 1.79. The van der Waals surface area contributed by atoms with Crippen LogP contribution in [0.4, 0.5) is 10.5 Å². The van der Waals surface area contributed by atoms with E-state index in [9.17, 15) is 4.79 Å². The van der Waals surface area contributed by atoms with Gasteiger partial charge in [0.1, 0.15) is 5.75 Å². The first-order valence-electron chi connectivity index (χ1n) is 5.00. The molecule has 0 bridgehead atoms. The van der Waals surface area contributed by atoms with Crippen LogP contribution >= 0.6 is 11.8 Å². The second-order valence-corrected chi connectivity index (χ2v) is 4.20. The predicted molar refractivity (Wildman–Crippen MR) is 69.7 cm³/mol. The van der Waals surface area contributed by atoms with Gasteiger partial charge >= 0.3 is 0 Å². The van der Waals surface area contributed by atoms with Crippen LogP contribution in [0, 0.1) is 0 Å². The van der Waals surface area contributed by atoms with Gasteiger partial charge in [0.2, 0.25) is 7.85 Å². The van der Waals surface area contributed by atoms with Gasteiger partial charge in [-0.05, 0) is 30.6 Å². The number of amides is 1. The van der Waals surface area contributed by atoms with E-state index in [0.29, 0.717) is 12.3 Å². The van der Waals surface area contributed by atoms with E-state index < -0.39 is 5.81 Å². The lowest BCUT2D eigenvalue weighted by molar-refractivity contribution is 0.269. The fraction of sp³-hybridized carbons (Fsp3) is 0.364. The Bertz CT molecular complexity index is 347. The van der Waals surface area contributed by atoms with Gasteiger partial charge in [-0.2, -0.15) is 11.8 Å². The maximum Gasteiger partial charge on any atom is 0.201 e. The van der Waals surface area contributed by atoms with E-state index in [1.807, 2.05) is 12.1 Å². The Morgan fingerprint density at radius 2 is 2.38 bits per heavy atom. The van der Waals surface area contributed by atoms with Crippen molar-refractivity contribution in [2.24, 2.45) is 0 Å². The largest absolute Gasteiger partial charge is 0.493 e. The zero-order chi connectivity index (χ0) is 11.8. The first-order valence-corrected chi connectivity index (χ1v) is 6.40. The Kier molecular flexibility index (Phi) is 5.86. The molecule has 1 amide bonds. The van der Waals surface area contributed by atoms with Gasteiger partial charge in [0.25, 0.3) is 0 Å². The molecule has 2 radical (unpaired) electrons. The SMILES string of the molecule is [B]C(=O)Nc1cccc(OCCCSC)c1. The van der Waals surface area contributed by atoms with Gasteiger partial charge in [0.05, 0.1) is 6.61 Å². The summed E-state index contributed by atoms with van der Waals surface area (Å²) in [6, 6.07) is 7.18. The minimum Gasteiger partial charge on any atom is -0.493 e. The molecule has 0 saturated carbocycles. The summed E-state index contributed by atoms with van der Waals surface area (Å²) < 4.78 is 5.52. The molecule has 1 rings (SSSR count). The molecule has 0 saturated heterocycles. The van der Waals surface area contributed by atoms with Crippen molar-refractivity contribution in [2.45, 2.75) is 6.42 Å². The third kappa shape index (κ3) is 5.12. The fourth-order valence-electron chi connectivity index (χ4n) is 1.20. The van der Waals surface area contributed by atoms with Crippen LogP contribution in [0.1, 0.15) is 6.42 Å².